The van der Waals surface area contributed by atoms with Gasteiger partial charge in [0.1, 0.15) is 17.3 Å². The van der Waals surface area contributed by atoms with E-state index in [0.717, 1.165) is 21.4 Å². The molecule has 1 amide bonds. The van der Waals surface area contributed by atoms with Crippen LogP contribution in [0.15, 0.2) is 46.9 Å². The SMILES string of the molecule is CN(Cc1ccc(F)cc1F)C(=O)c1cc2cc(Br)ccc2[nH]1. The van der Waals surface area contributed by atoms with Crippen molar-refractivity contribution in [3.8, 4) is 0 Å². The predicted octanol–water partition coefficient (Wildman–Crippen LogP) is 4.48. The number of hydrogen-bond acceptors (Lipinski definition) is 1. The molecule has 0 aliphatic carbocycles. The van der Waals surface area contributed by atoms with E-state index in [-0.39, 0.29) is 18.0 Å². The first-order valence-corrected chi connectivity index (χ1v) is 7.71. The molecule has 23 heavy (non-hydrogen) atoms. The summed E-state index contributed by atoms with van der Waals surface area (Å²) in [7, 11) is 1.58. The number of aromatic amines is 1. The Balaban J connectivity index is 1.83. The van der Waals surface area contributed by atoms with E-state index in [0.29, 0.717) is 5.69 Å². The van der Waals surface area contributed by atoms with Crippen molar-refractivity contribution in [2.45, 2.75) is 6.54 Å². The zero-order chi connectivity index (χ0) is 16.6. The number of H-pyrrole nitrogens is 1. The molecule has 1 N–H and O–H groups in total. The molecule has 1 heterocycles. The summed E-state index contributed by atoms with van der Waals surface area (Å²) in [5, 5.41) is 0.907. The van der Waals surface area contributed by atoms with Crippen LogP contribution in [0.1, 0.15) is 16.1 Å². The van der Waals surface area contributed by atoms with Crippen LogP contribution in [-0.2, 0) is 6.54 Å². The number of benzene rings is 2. The average Bonchev–Trinajstić information content (AvgIpc) is 2.92. The summed E-state index contributed by atoms with van der Waals surface area (Å²) in [5.41, 5.74) is 1.53. The van der Waals surface area contributed by atoms with Crippen molar-refractivity contribution in [2.24, 2.45) is 0 Å². The van der Waals surface area contributed by atoms with Gasteiger partial charge in [-0.15, -0.1) is 0 Å². The standard InChI is InChI=1S/C17H13BrF2N2O/c1-22(9-10-2-4-13(19)8-14(10)20)17(23)16-7-11-6-12(18)3-5-15(11)21-16/h2-8,21H,9H2,1H3. The molecule has 0 spiro atoms. The van der Waals surface area contributed by atoms with Crippen molar-refractivity contribution in [3.63, 3.8) is 0 Å². The number of hydrogen-bond donors (Lipinski definition) is 1. The molecule has 3 rings (SSSR count). The van der Waals surface area contributed by atoms with Gasteiger partial charge >= 0.3 is 0 Å². The highest BCUT2D eigenvalue weighted by atomic mass is 79.9. The Bertz CT molecular complexity index is 891. The molecule has 0 fully saturated rings. The first-order valence-electron chi connectivity index (χ1n) is 6.92. The van der Waals surface area contributed by atoms with E-state index < -0.39 is 11.6 Å². The highest BCUT2D eigenvalue weighted by Crippen LogP contribution is 2.21. The number of amides is 1. The highest BCUT2D eigenvalue weighted by Gasteiger charge is 2.16. The normalized spacial score (nSPS) is 11.0. The third-order valence-corrected chi connectivity index (χ3v) is 4.08. The largest absolute Gasteiger partial charge is 0.351 e. The summed E-state index contributed by atoms with van der Waals surface area (Å²) in [6, 6.07) is 10.7. The Hall–Kier alpha value is -2.21. The third-order valence-electron chi connectivity index (χ3n) is 3.58. The monoisotopic (exact) mass is 378 g/mol. The molecule has 0 atom stereocenters. The second-order valence-electron chi connectivity index (χ2n) is 5.31. The number of carbonyl (C=O) groups excluding carboxylic acids is 1. The van der Waals surface area contributed by atoms with Crippen LogP contribution in [0.25, 0.3) is 10.9 Å². The number of carbonyl (C=O) groups is 1. The van der Waals surface area contributed by atoms with Crippen LogP contribution in [0.2, 0.25) is 0 Å². The topological polar surface area (TPSA) is 36.1 Å². The van der Waals surface area contributed by atoms with Gasteiger partial charge in [-0.05, 0) is 30.3 Å². The fourth-order valence-electron chi connectivity index (χ4n) is 2.40. The lowest BCUT2D eigenvalue weighted by atomic mass is 10.2. The Kier molecular flexibility index (Phi) is 4.17. The molecular weight excluding hydrogens is 366 g/mol. The molecular formula is C17H13BrF2N2O. The quantitative estimate of drug-likeness (QED) is 0.716. The van der Waals surface area contributed by atoms with E-state index in [1.54, 1.807) is 13.1 Å². The third kappa shape index (κ3) is 3.27. The Labute approximate surface area is 140 Å². The van der Waals surface area contributed by atoms with Crippen molar-refractivity contribution in [1.29, 1.82) is 0 Å². The van der Waals surface area contributed by atoms with Gasteiger partial charge in [-0.25, -0.2) is 8.78 Å². The summed E-state index contributed by atoms with van der Waals surface area (Å²) in [4.78, 5) is 16.9. The molecule has 1 aromatic heterocycles. The molecule has 0 saturated heterocycles. The molecule has 0 unspecified atom stereocenters. The lowest BCUT2D eigenvalue weighted by Gasteiger charge is -2.16. The smallest absolute Gasteiger partial charge is 0.270 e. The molecule has 118 valence electrons. The molecule has 3 nitrogen and oxygen atoms in total. The van der Waals surface area contributed by atoms with Gasteiger partial charge in [-0.3, -0.25) is 4.79 Å². The Morgan fingerprint density at radius 1 is 1.17 bits per heavy atom. The number of nitrogens with one attached hydrogen (secondary N) is 1. The van der Waals surface area contributed by atoms with Crippen LogP contribution in [0.5, 0.6) is 0 Å². The fourth-order valence-corrected chi connectivity index (χ4v) is 2.78. The van der Waals surface area contributed by atoms with Crippen LogP contribution in [0.4, 0.5) is 8.78 Å². The van der Waals surface area contributed by atoms with Gasteiger partial charge in [0.25, 0.3) is 5.91 Å². The van der Waals surface area contributed by atoms with Gasteiger partial charge in [0.05, 0.1) is 0 Å². The van der Waals surface area contributed by atoms with Crippen molar-refractivity contribution >= 4 is 32.7 Å². The lowest BCUT2D eigenvalue weighted by molar-refractivity contribution is 0.0779. The molecule has 0 saturated carbocycles. The van der Waals surface area contributed by atoms with Gasteiger partial charge in [0, 0.05) is 40.6 Å². The van der Waals surface area contributed by atoms with Crippen molar-refractivity contribution in [2.75, 3.05) is 7.05 Å². The number of rotatable bonds is 3. The predicted molar refractivity (Wildman–Crippen MR) is 88.2 cm³/mol. The molecule has 0 aliphatic rings. The molecule has 0 bridgehead atoms. The maximum atomic E-state index is 13.7. The van der Waals surface area contributed by atoms with E-state index in [9.17, 15) is 13.6 Å². The second-order valence-corrected chi connectivity index (χ2v) is 6.23. The zero-order valence-corrected chi connectivity index (χ0v) is 13.8. The minimum absolute atomic E-state index is 0.0595. The van der Waals surface area contributed by atoms with Gasteiger partial charge in [-0.1, -0.05) is 22.0 Å². The van der Waals surface area contributed by atoms with E-state index in [1.165, 1.54) is 17.0 Å². The Morgan fingerprint density at radius 3 is 2.70 bits per heavy atom. The molecule has 0 aliphatic heterocycles. The summed E-state index contributed by atoms with van der Waals surface area (Å²) in [6.45, 7) is 0.0595. The summed E-state index contributed by atoms with van der Waals surface area (Å²) in [6.07, 6.45) is 0. The van der Waals surface area contributed by atoms with Gasteiger partial charge in [-0.2, -0.15) is 0 Å². The Morgan fingerprint density at radius 2 is 1.96 bits per heavy atom. The van der Waals surface area contributed by atoms with E-state index >= 15 is 0 Å². The van der Waals surface area contributed by atoms with Crippen molar-refractivity contribution in [1.82, 2.24) is 9.88 Å². The lowest BCUT2D eigenvalue weighted by Crippen LogP contribution is -2.26. The van der Waals surface area contributed by atoms with Crippen LogP contribution >= 0.6 is 15.9 Å². The molecule has 0 radical (unpaired) electrons. The fraction of sp³-hybridized carbons (Fsp3) is 0.118. The summed E-state index contributed by atoms with van der Waals surface area (Å²) in [5.74, 6) is -1.56. The first kappa shape index (κ1) is 15.7. The molecule has 3 aromatic rings. The van der Waals surface area contributed by atoms with E-state index in [1.807, 2.05) is 18.2 Å². The second kappa shape index (κ2) is 6.12. The minimum atomic E-state index is -0.662. The van der Waals surface area contributed by atoms with E-state index in [2.05, 4.69) is 20.9 Å². The number of halogens is 3. The molecule has 6 heteroatoms. The van der Waals surface area contributed by atoms with Crippen molar-refractivity contribution in [3.05, 3.63) is 69.8 Å². The summed E-state index contributed by atoms with van der Waals surface area (Å²) >= 11 is 3.38. The van der Waals surface area contributed by atoms with Crippen LogP contribution in [-0.4, -0.2) is 22.8 Å². The van der Waals surface area contributed by atoms with Crippen LogP contribution in [0.3, 0.4) is 0 Å². The van der Waals surface area contributed by atoms with Gasteiger partial charge in [0.2, 0.25) is 0 Å². The van der Waals surface area contributed by atoms with Crippen LogP contribution in [0, 0.1) is 11.6 Å². The van der Waals surface area contributed by atoms with Crippen molar-refractivity contribution < 1.29 is 13.6 Å². The van der Waals surface area contributed by atoms with Crippen LogP contribution < -0.4 is 0 Å². The van der Waals surface area contributed by atoms with Gasteiger partial charge in [0.15, 0.2) is 0 Å². The first-order chi connectivity index (χ1) is 10.9. The minimum Gasteiger partial charge on any atom is -0.351 e. The summed E-state index contributed by atoms with van der Waals surface area (Å²) < 4.78 is 27.5. The maximum Gasteiger partial charge on any atom is 0.270 e. The number of fused-ring (bicyclic) bond motifs is 1. The maximum absolute atomic E-state index is 13.7. The number of aromatic nitrogens is 1. The van der Waals surface area contributed by atoms with E-state index in [4.69, 9.17) is 0 Å². The zero-order valence-electron chi connectivity index (χ0n) is 12.2. The van der Waals surface area contributed by atoms with Gasteiger partial charge < -0.3 is 9.88 Å². The highest BCUT2D eigenvalue weighted by molar-refractivity contribution is 9.10. The number of nitrogens with zero attached hydrogens (tertiary/aromatic N) is 1. The molecule has 2 aromatic carbocycles. The average molecular weight is 379 g/mol.